The van der Waals surface area contributed by atoms with Crippen LogP contribution < -0.4 is 0 Å². The Hall–Kier alpha value is -2.02. The maximum Gasteiger partial charge on any atom is 0.342 e. The summed E-state index contributed by atoms with van der Waals surface area (Å²) in [7, 11) is 0. The zero-order chi connectivity index (χ0) is 18.1. The van der Waals surface area contributed by atoms with Crippen LogP contribution in [0.1, 0.15) is 29.3 Å². The van der Waals surface area contributed by atoms with Crippen LogP contribution in [0.25, 0.3) is 0 Å². The lowest BCUT2D eigenvalue weighted by atomic mass is 9.99. The van der Waals surface area contributed by atoms with Gasteiger partial charge in [0, 0.05) is 18.9 Å². The molecule has 0 unspecified atom stereocenters. The summed E-state index contributed by atoms with van der Waals surface area (Å²) in [5.41, 5.74) is -0.0157. The number of carbonyl (C=O) groups is 1. The predicted molar refractivity (Wildman–Crippen MR) is 90.9 cm³/mol. The van der Waals surface area contributed by atoms with E-state index in [4.69, 9.17) is 21.1 Å². The third-order valence-electron chi connectivity index (χ3n) is 4.18. The summed E-state index contributed by atoms with van der Waals surface area (Å²) in [6.45, 7) is 1.74. The van der Waals surface area contributed by atoms with E-state index >= 15 is 0 Å². The number of aliphatic hydroxyl groups excluding tert-OH is 1. The zero-order valence-electron chi connectivity index (χ0n) is 13.6. The number of phenols is 2. The number of cyclic esters (lactones) is 1. The van der Waals surface area contributed by atoms with Crippen LogP contribution in [0, 0.1) is 0 Å². The molecule has 4 atom stereocenters. The monoisotopic (exact) mass is 366 g/mol. The number of hydrogen-bond donors (Lipinski definition) is 3. The third-order valence-corrected chi connectivity index (χ3v) is 4.60. The summed E-state index contributed by atoms with van der Waals surface area (Å²) < 4.78 is 10.9. The molecule has 1 aromatic rings. The normalized spacial score (nSPS) is 31.9. The molecule has 7 heteroatoms. The number of ether oxygens (including phenoxy) is 2. The molecule has 2 aliphatic rings. The highest BCUT2D eigenvalue weighted by Gasteiger charge is 2.38. The Morgan fingerprint density at radius 1 is 1.20 bits per heavy atom. The van der Waals surface area contributed by atoms with Gasteiger partial charge in [0.05, 0.1) is 17.2 Å². The Kier molecular flexibility index (Phi) is 5.03. The number of fused-ring (bicyclic) bond motifs is 2. The van der Waals surface area contributed by atoms with Crippen LogP contribution in [-0.2, 0) is 15.9 Å². The fourth-order valence-corrected chi connectivity index (χ4v) is 3.11. The van der Waals surface area contributed by atoms with Gasteiger partial charge in [-0.05, 0) is 12.5 Å². The number of carbonyl (C=O) groups excluding carboxylic acids is 1. The first-order valence-corrected chi connectivity index (χ1v) is 8.37. The Balaban J connectivity index is 2.00. The molecule has 0 aliphatic carbocycles. The first kappa shape index (κ1) is 17.8. The van der Waals surface area contributed by atoms with Crippen LogP contribution in [0.4, 0.5) is 0 Å². The van der Waals surface area contributed by atoms with E-state index in [1.54, 1.807) is 19.1 Å². The molecule has 2 aliphatic heterocycles. The molecule has 0 aromatic heterocycles. The molecule has 0 radical (unpaired) electrons. The van der Waals surface area contributed by atoms with E-state index in [-0.39, 0.29) is 40.5 Å². The minimum atomic E-state index is -0.966. The Bertz CT molecular complexity index is 742. The highest BCUT2D eigenvalue weighted by atomic mass is 35.5. The van der Waals surface area contributed by atoms with Crippen LogP contribution in [0.5, 0.6) is 11.5 Å². The number of epoxide rings is 1. The van der Waals surface area contributed by atoms with Gasteiger partial charge in [0.2, 0.25) is 0 Å². The second-order valence-corrected chi connectivity index (χ2v) is 6.59. The Labute approximate surface area is 149 Å². The lowest BCUT2D eigenvalue weighted by Gasteiger charge is -2.18. The van der Waals surface area contributed by atoms with Gasteiger partial charge in [-0.2, -0.15) is 0 Å². The highest BCUT2D eigenvalue weighted by Crippen LogP contribution is 2.38. The van der Waals surface area contributed by atoms with Gasteiger partial charge in [-0.25, -0.2) is 4.79 Å². The fraction of sp³-hybridized carbons (Fsp3) is 0.389. The molecule has 0 amide bonds. The molecule has 3 N–H and O–H groups in total. The third kappa shape index (κ3) is 3.98. The highest BCUT2D eigenvalue weighted by molar-refractivity contribution is 6.33. The van der Waals surface area contributed by atoms with Crippen molar-refractivity contribution in [1.82, 2.24) is 0 Å². The number of esters is 1. The van der Waals surface area contributed by atoms with E-state index in [9.17, 15) is 20.1 Å². The van der Waals surface area contributed by atoms with Gasteiger partial charge in [0.1, 0.15) is 29.3 Å². The number of benzene rings is 1. The SMILES string of the molecule is C[C@@H]1C[C@H]2O[C@H]2/C=C\C=C\[C@H](O)Cc2c(Cl)c(O)cc(O)c2C(=O)O1. The van der Waals surface area contributed by atoms with Crippen LogP contribution in [0.15, 0.2) is 30.4 Å². The Morgan fingerprint density at radius 2 is 1.92 bits per heavy atom. The second-order valence-electron chi connectivity index (χ2n) is 6.21. The Morgan fingerprint density at radius 3 is 2.68 bits per heavy atom. The summed E-state index contributed by atoms with van der Waals surface area (Å²) >= 11 is 6.09. The number of aromatic hydroxyl groups is 2. The molecule has 6 nitrogen and oxygen atoms in total. The quantitative estimate of drug-likeness (QED) is 0.482. The molecule has 1 fully saturated rings. The molecule has 134 valence electrons. The predicted octanol–water partition coefficient (Wildman–Crippen LogP) is 2.48. The average molecular weight is 367 g/mol. The van der Waals surface area contributed by atoms with E-state index in [1.807, 2.05) is 6.08 Å². The van der Waals surface area contributed by atoms with Crippen molar-refractivity contribution in [2.75, 3.05) is 0 Å². The van der Waals surface area contributed by atoms with Gasteiger partial charge in [-0.3, -0.25) is 0 Å². The van der Waals surface area contributed by atoms with Crippen molar-refractivity contribution in [3.63, 3.8) is 0 Å². The number of allylic oxidation sites excluding steroid dienone is 2. The van der Waals surface area contributed by atoms with Gasteiger partial charge < -0.3 is 24.8 Å². The standard InChI is InChI=1S/C18H19ClO6/c1-9-6-15-14(25-15)5-3-2-4-10(20)7-11-16(18(23)24-9)12(21)8-13(22)17(11)19/h2-5,8-10,14-15,20-22H,6-7H2,1H3/b4-2+,5-3-/t9-,10+,14+,15-/m1/s1. The van der Waals surface area contributed by atoms with Crippen molar-refractivity contribution in [3.8, 4) is 11.5 Å². The zero-order valence-corrected chi connectivity index (χ0v) is 14.3. The molecular weight excluding hydrogens is 348 g/mol. The molecule has 0 saturated carbocycles. The minimum absolute atomic E-state index is 0.0297. The molecule has 2 heterocycles. The molecule has 1 aromatic carbocycles. The molecular formula is C18H19ClO6. The van der Waals surface area contributed by atoms with Gasteiger partial charge in [0.25, 0.3) is 0 Å². The van der Waals surface area contributed by atoms with Crippen LogP contribution >= 0.6 is 11.6 Å². The summed E-state index contributed by atoms with van der Waals surface area (Å²) in [5.74, 6) is -1.58. The molecule has 3 rings (SSSR count). The number of rotatable bonds is 0. The second kappa shape index (κ2) is 7.07. The lowest BCUT2D eigenvalue weighted by molar-refractivity contribution is 0.0305. The summed E-state index contributed by atoms with van der Waals surface area (Å²) in [4.78, 5) is 12.5. The van der Waals surface area contributed by atoms with E-state index in [1.165, 1.54) is 6.08 Å². The van der Waals surface area contributed by atoms with Crippen LogP contribution in [0.2, 0.25) is 5.02 Å². The molecule has 25 heavy (non-hydrogen) atoms. The first-order chi connectivity index (χ1) is 11.9. The lowest BCUT2D eigenvalue weighted by Crippen LogP contribution is -2.20. The van der Waals surface area contributed by atoms with Crippen LogP contribution in [0.3, 0.4) is 0 Å². The largest absolute Gasteiger partial charge is 0.507 e. The van der Waals surface area contributed by atoms with Gasteiger partial charge >= 0.3 is 5.97 Å². The van der Waals surface area contributed by atoms with Crippen molar-refractivity contribution in [2.45, 2.75) is 44.2 Å². The summed E-state index contributed by atoms with van der Waals surface area (Å²) in [6.07, 6.45) is 5.84. The van der Waals surface area contributed by atoms with E-state index in [2.05, 4.69) is 0 Å². The molecule has 0 spiro atoms. The van der Waals surface area contributed by atoms with Crippen molar-refractivity contribution >= 4 is 17.6 Å². The maximum absolute atomic E-state index is 12.5. The van der Waals surface area contributed by atoms with E-state index < -0.39 is 23.9 Å². The minimum Gasteiger partial charge on any atom is -0.507 e. The molecule has 0 bridgehead atoms. The van der Waals surface area contributed by atoms with E-state index in [0.717, 1.165) is 6.07 Å². The first-order valence-electron chi connectivity index (χ1n) is 7.99. The summed E-state index contributed by atoms with van der Waals surface area (Å²) in [5, 5.41) is 30.0. The average Bonchev–Trinajstić information content (AvgIpc) is 3.25. The topological polar surface area (TPSA) is 99.5 Å². The summed E-state index contributed by atoms with van der Waals surface area (Å²) in [6, 6.07) is 0.987. The van der Waals surface area contributed by atoms with Crippen LogP contribution in [-0.4, -0.2) is 45.7 Å². The van der Waals surface area contributed by atoms with Crippen molar-refractivity contribution in [1.29, 1.82) is 0 Å². The number of phenolic OH excluding ortho intramolecular Hbond substituents is 2. The smallest absolute Gasteiger partial charge is 0.342 e. The van der Waals surface area contributed by atoms with Crippen molar-refractivity contribution < 1.29 is 29.6 Å². The van der Waals surface area contributed by atoms with E-state index in [0.29, 0.717) is 6.42 Å². The number of aliphatic hydroxyl groups is 1. The van der Waals surface area contributed by atoms with Crippen molar-refractivity contribution in [2.24, 2.45) is 0 Å². The van der Waals surface area contributed by atoms with Gasteiger partial charge in [-0.1, -0.05) is 35.9 Å². The fourth-order valence-electron chi connectivity index (χ4n) is 2.88. The number of hydrogen-bond acceptors (Lipinski definition) is 6. The molecule has 1 saturated heterocycles. The maximum atomic E-state index is 12.5. The number of halogens is 1. The van der Waals surface area contributed by atoms with Gasteiger partial charge in [0.15, 0.2) is 0 Å². The van der Waals surface area contributed by atoms with Crippen molar-refractivity contribution in [3.05, 3.63) is 46.5 Å². The van der Waals surface area contributed by atoms with Gasteiger partial charge in [-0.15, -0.1) is 0 Å².